The number of aliphatic hydroxyl groups excluding tert-OH is 1. The van der Waals surface area contributed by atoms with Crippen LogP contribution >= 0.6 is 0 Å². The van der Waals surface area contributed by atoms with Crippen LogP contribution in [0.5, 0.6) is 5.75 Å². The molecule has 0 aliphatic carbocycles. The number of nitrogens with zero attached hydrogens (tertiary/aromatic N) is 2. The van der Waals surface area contributed by atoms with E-state index in [2.05, 4.69) is 9.80 Å². The quantitative estimate of drug-likeness (QED) is 0.739. The lowest BCUT2D eigenvalue weighted by molar-refractivity contribution is 0.0433. The lowest BCUT2D eigenvalue weighted by Gasteiger charge is -2.38. The topological polar surface area (TPSA) is 70.1 Å². The molecule has 0 aromatic heterocycles. The monoisotopic (exact) mass is 368 g/mol. The molecule has 3 rings (SSSR count). The molecule has 0 bridgehead atoms. The molecule has 2 aliphatic heterocycles. The van der Waals surface area contributed by atoms with Crippen molar-refractivity contribution in [3.05, 3.63) is 29.8 Å². The van der Waals surface area contributed by atoms with Crippen LogP contribution in [-0.4, -0.2) is 86.3 Å². The molecule has 1 aromatic rings. The maximum Gasteiger partial charge on any atom is 0.154 e. The zero-order chi connectivity index (χ0) is 17.9. The number of hydrogen-bond acceptors (Lipinski definition) is 6. The van der Waals surface area contributed by atoms with Crippen LogP contribution in [0.2, 0.25) is 0 Å². The van der Waals surface area contributed by atoms with Gasteiger partial charge in [0.25, 0.3) is 0 Å². The summed E-state index contributed by atoms with van der Waals surface area (Å²) in [4.78, 5) is 4.52. The van der Waals surface area contributed by atoms with E-state index < -0.39 is 15.9 Å². The van der Waals surface area contributed by atoms with Crippen molar-refractivity contribution in [3.8, 4) is 5.75 Å². The van der Waals surface area contributed by atoms with E-state index in [9.17, 15) is 13.5 Å². The highest BCUT2D eigenvalue weighted by molar-refractivity contribution is 7.91. The molecule has 0 saturated carbocycles. The van der Waals surface area contributed by atoms with Crippen molar-refractivity contribution < 1.29 is 18.3 Å². The molecule has 2 aliphatic rings. The Morgan fingerprint density at radius 2 is 1.88 bits per heavy atom. The Labute approximate surface area is 150 Å². The average molecular weight is 368 g/mol. The van der Waals surface area contributed by atoms with E-state index in [1.54, 1.807) is 0 Å². The van der Waals surface area contributed by atoms with E-state index in [4.69, 9.17) is 4.74 Å². The second kappa shape index (κ2) is 8.03. The predicted molar refractivity (Wildman–Crippen MR) is 97.8 cm³/mol. The molecular weight excluding hydrogens is 340 g/mol. The van der Waals surface area contributed by atoms with Gasteiger partial charge >= 0.3 is 0 Å². The van der Waals surface area contributed by atoms with Gasteiger partial charge in [-0.05, 0) is 25.0 Å². The SMILES string of the molecule is Cc1ccccc1OCCCN1CCN([C@H]2CS(=O)(=O)C[C@H]2O)CC1. The van der Waals surface area contributed by atoms with Crippen molar-refractivity contribution in [1.82, 2.24) is 9.80 Å². The molecule has 1 aromatic carbocycles. The first-order valence-corrected chi connectivity index (χ1v) is 10.8. The Kier molecular flexibility index (Phi) is 5.99. The fraction of sp³-hybridized carbons (Fsp3) is 0.667. The van der Waals surface area contributed by atoms with Crippen molar-refractivity contribution >= 4 is 9.84 Å². The zero-order valence-electron chi connectivity index (χ0n) is 14.8. The first kappa shape index (κ1) is 18.6. The Balaban J connectivity index is 1.36. The van der Waals surface area contributed by atoms with Crippen molar-refractivity contribution in [2.75, 3.05) is 50.8 Å². The van der Waals surface area contributed by atoms with Crippen LogP contribution in [0, 0.1) is 6.92 Å². The summed E-state index contributed by atoms with van der Waals surface area (Å²) in [6.07, 6.45) is 0.230. The lowest BCUT2D eigenvalue weighted by atomic mass is 10.1. The molecule has 1 N–H and O–H groups in total. The van der Waals surface area contributed by atoms with Gasteiger partial charge < -0.3 is 14.7 Å². The molecule has 0 amide bonds. The number of para-hydroxylation sites is 1. The summed E-state index contributed by atoms with van der Waals surface area (Å²) in [6, 6.07) is 7.81. The van der Waals surface area contributed by atoms with Gasteiger partial charge in [0.2, 0.25) is 0 Å². The number of sulfone groups is 1. The molecule has 2 saturated heterocycles. The van der Waals surface area contributed by atoms with E-state index >= 15 is 0 Å². The van der Waals surface area contributed by atoms with Crippen molar-refractivity contribution in [1.29, 1.82) is 0 Å². The molecule has 25 heavy (non-hydrogen) atoms. The molecule has 0 unspecified atom stereocenters. The second-order valence-electron chi connectivity index (χ2n) is 7.06. The smallest absolute Gasteiger partial charge is 0.154 e. The molecule has 2 heterocycles. The van der Waals surface area contributed by atoms with Gasteiger partial charge in [-0.3, -0.25) is 4.90 Å². The first-order valence-electron chi connectivity index (χ1n) is 8.98. The van der Waals surface area contributed by atoms with Gasteiger partial charge in [-0.25, -0.2) is 8.42 Å². The number of aliphatic hydroxyl groups is 1. The van der Waals surface area contributed by atoms with Crippen LogP contribution in [0.4, 0.5) is 0 Å². The Morgan fingerprint density at radius 1 is 1.16 bits per heavy atom. The number of piperazine rings is 1. The van der Waals surface area contributed by atoms with E-state index in [0.717, 1.165) is 50.5 Å². The van der Waals surface area contributed by atoms with Crippen LogP contribution < -0.4 is 4.74 Å². The summed E-state index contributed by atoms with van der Waals surface area (Å²) in [7, 11) is -3.08. The highest BCUT2D eigenvalue weighted by atomic mass is 32.2. The summed E-state index contributed by atoms with van der Waals surface area (Å²) in [5.41, 5.74) is 1.15. The predicted octanol–water partition coefficient (Wildman–Crippen LogP) is 0.539. The molecule has 2 atom stereocenters. The highest BCUT2D eigenvalue weighted by Crippen LogP contribution is 2.20. The largest absolute Gasteiger partial charge is 0.493 e. The van der Waals surface area contributed by atoms with Crippen LogP contribution in [0.1, 0.15) is 12.0 Å². The minimum Gasteiger partial charge on any atom is -0.493 e. The van der Waals surface area contributed by atoms with E-state index in [1.807, 2.05) is 31.2 Å². The van der Waals surface area contributed by atoms with Gasteiger partial charge in [0.05, 0.1) is 30.3 Å². The second-order valence-corrected chi connectivity index (χ2v) is 9.21. The maximum absolute atomic E-state index is 11.7. The molecule has 0 spiro atoms. The summed E-state index contributed by atoms with van der Waals surface area (Å²) >= 11 is 0. The van der Waals surface area contributed by atoms with Gasteiger partial charge in [0.1, 0.15) is 5.75 Å². The summed E-state index contributed by atoms with van der Waals surface area (Å²) in [6.45, 7) is 7.18. The van der Waals surface area contributed by atoms with E-state index in [-0.39, 0.29) is 17.5 Å². The number of ether oxygens (including phenoxy) is 1. The first-order chi connectivity index (χ1) is 11.9. The highest BCUT2D eigenvalue weighted by Gasteiger charge is 2.40. The summed E-state index contributed by atoms with van der Waals surface area (Å²) < 4.78 is 29.2. The van der Waals surface area contributed by atoms with Gasteiger partial charge in [0.15, 0.2) is 9.84 Å². The third kappa shape index (κ3) is 4.94. The molecule has 140 valence electrons. The minimum atomic E-state index is -3.08. The van der Waals surface area contributed by atoms with Crippen molar-refractivity contribution in [2.45, 2.75) is 25.5 Å². The van der Waals surface area contributed by atoms with Crippen molar-refractivity contribution in [2.24, 2.45) is 0 Å². The molecule has 6 nitrogen and oxygen atoms in total. The van der Waals surface area contributed by atoms with Crippen LogP contribution in [0.3, 0.4) is 0 Å². The van der Waals surface area contributed by atoms with E-state index in [1.165, 1.54) is 0 Å². The van der Waals surface area contributed by atoms with Crippen LogP contribution in [0.25, 0.3) is 0 Å². The van der Waals surface area contributed by atoms with Gasteiger partial charge in [-0.15, -0.1) is 0 Å². The van der Waals surface area contributed by atoms with Gasteiger partial charge in [0, 0.05) is 32.7 Å². The maximum atomic E-state index is 11.7. The van der Waals surface area contributed by atoms with E-state index in [0.29, 0.717) is 6.61 Å². The Morgan fingerprint density at radius 3 is 2.52 bits per heavy atom. The standard InChI is InChI=1S/C18H28N2O4S/c1-15-5-2-3-6-18(15)24-12-4-7-19-8-10-20(11-9-19)16-13-25(22,23)14-17(16)21/h2-3,5-6,16-17,21H,4,7-14H2,1H3/t16-,17+/m0/s1. The number of rotatable bonds is 6. The summed E-state index contributed by atoms with van der Waals surface area (Å²) in [5.74, 6) is 0.954. The molecular formula is C18H28N2O4S. The van der Waals surface area contributed by atoms with Gasteiger partial charge in [-0.2, -0.15) is 0 Å². The fourth-order valence-corrected chi connectivity index (χ4v) is 5.50. The molecule has 7 heteroatoms. The lowest BCUT2D eigenvalue weighted by Crippen LogP contribution is -2.53. The molecule has 0 radical (unpaired) electrons. The minimum absolute atomic E-state index is 0.0892. The van der Waals surface area contributed by atoms with Crippen molar-refractivity contribution in [3.63, 3.8) is 0 Å². The molecule has 2 fully saturated rings. The summed E-state index contributed by atoms with van der Waals surface area (Å²) in [5, 5.41) is 10.00. The van der Waals surface area contributed by atoms with Crippen LogP contribution in [0.15, 0.2) is 24.3 Å². The zero-order valence-corrected chi connectivity index (χ0v) is 15.6. The third-order valence-electron chi connectivity index (χ3n) is 5.14. The fourth-order valence-electron chi connectivity index (χ4n) is 3.67. The number of hydrogen-bond donors (Lipinski definition) is 1. The Bertz CT molecular complexity index is 671. The number of aryl methyl sites for hydroxylation is 1. The van der Waals surface area contributed by atoms with Gasteiger partial charge in [-0.1, -0.05) is 18.2 Å². The number of benzene rings is 1. The van der Waals surface area contributed by atoms with Crippen LogP contribution in [-0.2, 0) is 9.84 Å². The third-order valence-corrected chi connectivity index (χ3v) is 6.84. The Hall–Kier alpha value is -1.15. The average Bonchev–Trinajstić information content (AvgIpc) is 2.86. The normalized spacial score (nSPS) is 27.4.